The molecule has 2 N–H and O–H groups in total. The van der Waals surface area contributed by atoms with E-state index < -0.39 is 11.6 Å². The van der Waals surface area contributed by atoms with Gasteiger partial charge in [-0.2, -0.15) is 0 Å². The molecule has 1 heterocycles. The summed E-state index contributed by atoms with van der Waals surface area (Å²) in [4.78, 5) is 11.9. The van der Waals surface area contributed by atoms with Crippen LogP contribution >= 0.6 is 0 Å². The summed E-state index contributed by atoms with van der Waals surface area (Å²) in [5.41, 5.74) is 4.76. The number of fused-ring (bicyclic) bond motifs is 1. The van der Waals surface area contributed by atoms with Gasteiger partial charge in [0.1, 0.15) is 5.75 Å². The lowest BCUT2D eigenvalue weighted by molar-refractivity contribution is -0.157. The standard InChI is InChI=1S/C23H26O4/c1-13-6-9-18(15-7-8-15)20(21(13)23(3,26)22(24)25)17-10-11-19-16(14(17)2)5-4-12-27-19/h6,9-11,15,26H,4-5,7-8,12H2,1-3H3,(H,24,25). The number of aryl methyl sites for hydroxylation is 1. The van der Waals surface area contributed by atoms with Crippen molar-refractivity contribution >= 4 is 5.97 Å². The Morgan fingerprint density at radius 3 is 2.59 bits per heavy atom. The molecule has 1 saturated carbocycles. The summed E-state index contributed by atoms with van der Waals surface area (Å²) in [7, 11) is 0. The number of carboxylic acids is 1. The third-order valence-electron chi connectivity index (χ3n) is 6.02. The molecule has 0 radical (unpaired) electrons. The number of carboxylic acid groups (broad SMARTS) is 1. The molecule has 1 aliphatic heterocycles. The maximum Gasteiger partial charge on any atom is 0.340 e. The van der Waals surface area contributed by atoms with Crippen molar-refractivity contribution in [2.45, 2.75) is 58.0 Å². The SMILES string of the molecule is Cc1ccc(C2CC2)c(-c2ccc3c(c2C)CCCO3)c1C(C)(O)C(=O)O. The first-order valence-electron chi connectivity index (χ1n) is 9.67. The second-order valence-corrected chi connectivity index (χ2v) is 8.04. The van der Waals surface area contributed by atoms with Crippen LogP contribution in [-0.4, -0.2) is 22.8 Å². The molecule has 1 aliphatic carbocycles. The van der Waals surface area contributed by atoms with Crippen LogP contribution in [0.4, 0.5) is 0 Å². The fourth-order valence-corrected chi connectivity index (χ4v) is 4.36. The molecule has 4 heteroatoms. The van der Waals surface area contributed by atoms with Crippen LogP contribution in [0.5, 0.6) is 5.75 Å². The van der Waals surface area contributed by atoms with Crippen molar-refractivity contribution in [3.8, 4) is 16.9 Å². The first-order valence-corrected chi connectivity index (χ1v) is 9.67. The Kier molecular flexibility index (Phi) is 4.26. The number of aliphatic carboxylic acids is 1. The van der Waals surface area contributed by atoms with Crippen molar-refractivity contribution in [1.82, 2.24) is 0 Å². The quantitative estimate of drug-likeness (QED) is 0.838. The van der Waals surface area contributed by atoms with Crippen molar-refractivity contribution in [2.75, 3.05) is 6.61 Å². The van der Waals surface area contributed by atoms with Gasteiger partial charge in [0, 0.05) is 5.56 Å². The van der Waals surface area contributed by atoms with Crippen LogP contribution in [0.1, 0.15) is 59.9 Å². The number of hydrogen-bond acceptors (Lipinski definition) is 3. The van der Waals surface area contributed by atoms with E-state index in [2.05, 4.69) is 13.0 Å². The van der Waals surface area contributed by atoms with E-state index in [1.807, 2.05) is 25.1 Å². The van der Waals surface area contributed by atoms with E-state index in [9.17, 15) is 15.0 Å². The van der Waals surface area contributed by atoms with Gasteiger partial charge in [-0.15, -0.1) is 0 Å². The highest BCUT2D eigenvalue weighted by Crippen LogP contribution is 2.49. The lowest BCUT2D eigenvalue weighted by Gasteiger charge is -2.28. The van der Waals surface area contributed by atoms with Gasteiger partial charge in [-0.25, -0.2) is 4.79 Å². The number of ether oxygens (including phenoxy) is 1. The molecule has 0 amide bonds. The third-order valence-corrected chi connectivity index (χ3v) is 6.02. The number of aliphatic hydroxyl groups is 1. The molecule has 1 fully saturated rings. The van der Waals surface area contributed by atoms with E-state index in [4.69, 9.17) is 4.74 Å². The van der Waals surface area contributed by atoms with Crippen LogP contribution < -0.4 is 4.74 Å². The smallest absolute Gasteiger partial charge is 0.340 e. The van der Waals surface area contributed by atoms with E-state index in [1.165, 1.54) is 12.5 Å². The van der Waals surface area contributed by atoms with E-state index in [1.54, 1.807) is 0 Å². The third kappa shape index (κ3) is 2.92. The van der Waals surface area contributed by atoms with Crippen LogP contribution in [0.25, 0.3) is 11.1 Å². The van der Waals surface area contributed by atoms with Crippen LogP contribution in [-0.2, 0) is 16.8 Å². The number of carbonyl (C=O) groups is 1. The Labute approximate surface area is 159 Å². The molecule has 4 nitrogen and oxygen atoms in total. The second-order valence-electron chi connectivity index (χ2n) is 8.04. The highest BCUT2D eigenvalue weighted by atomic mass is 16.5. The molecule has 0 aromatic heterocycles. The molecule has 1 unspecified atom stereocenters. The monoisotopic (exact) mass is 366 g/mol. The largest absolute Gasteiger partial charge is 0.493 e. The summed E-state index contributed by atoms with van der Waals surface area (Å²) < 4.78 is 5.80. The molecule has 2 aromatic carbocycles. The molecular formula is C23H26O4. The highest BCUT2D eigenvalue weighted by molar-refractivity contribution is 5.87. The zero-order chi connectivity index (χ0) is 19.3. The molecule has 0 saturated heterocycles. The average Bonchev–Trinajstić information content (AvgIpc) is 3.47. The van der Waals surface area contributed by atoms with Gasteiger partial charge in [-0.1, -0.05) is 18.2 Å². The van der Waals surface area contributed by atoms with Crippen molar-refractivity contribution in [3.05, 3.63) is 52.1 Å². The molecule has 142 valence electrons. The lowest BCUT2D eigenvalue weighted by Crippen LogP contribution is -2.33. The Morgan fingerprint density at radius 2 is 1.93 bits per heavy atom. The topological polar surface area (TPSA) is 66.8 Å². The predicted octanol–water partition coefficient (Wildman–Crippen LogP) is 4.46. The lowest BCUT2D eigenvalue weighted by atomic mass is 9.79. The molecule has 27 heavy (non-hydrogen) atoms. The maximum atomic E-state index is 11.9. The first kappa shape index (κ1) is 18.1. The van der Waals surface area contributed by atoms with Gasteiger partial charge in [0.05, 0.1) is 6.61 Å². The normalized spacial score (nSPS) is 18.4. The van der Waals surface area contributed by atoms with E-state index in [0.29, 0.717) is 11.5 Å². The number of hydrogen-bond donors (Lipinski definition) is 2. The van der Waals surface area contributed by atoms with Crippen LogP contribution in [0.3, 0.4) is 0 Å². The molecule has 0 spiro atoms. The summed E-state index contributed by atoms with van der Waals surface area (Å²) in [6.07, 6.45) is 4.17. The van der Waals surface area contributed by atoms with Gasteiger partial charge in [0.25, 0.3) is 0 Å². The predicted molar refractivity (Wildman–Crippen MR) is 104 cm³/mol. The van der Waals surface area contributed by atoms with E-state index in [0.717, 1.165) is 65.9 Å². The second kappa shape index (κ2) is 6.38. The Hall–Kier alpha value is -2.33. The minimum absolute atomic E-state index is 0.440. The fraction of sp³-hybridized carbons (Fsp3) is 0.435. The zero-order valence-electron chi connectivity index (χ0n) is 16.1. The first-order chi connectivity index (χ1) is 12.8. The fourth-order valence-electron chi connectivity index (χ4n) is 4.36. The Balaban J connectivity index is 2.02. The van der Waals surface area contributed by atoms with Gasteiger partial charge in [0.15, 0.2) is 5.60 Å². The highest BCUT2D eigenvalue weighted by Gasteiger charge is 2.39. The van der Waals surface area contributed by atoms with Crippen molar-refractivity contribution < 1.29 is 19.7 Å². The van der Waals surface area contributed by atoms with Crippen molar-refractivity contribution in [3.63, 3.8) is 0 Å². The van der Waals surface area contributed by atoms with Gasteiger partial charge in [-0.05, 0) is 91.8 Å². The van der Waals surface area contributed by atoms with Gasteiger partial charge in [-0.3, -0.25) is 0 Å². The summed E-state index contributed by atoms with van der Waals surface area (Å²) in [5.74, 6) is 0.143. The summed E-state index contributed by atoms with van der Waals surface area (Å²) in [5, 5.41) is 20.6. The van der Waals surface area contributed by atoms with Crippen LogP contribution in [0.15, 0.2) is 24.3 Å². The summed E-state index contributed by atoms with van der Waals surface area (Å²) in [6.45, 7) is 6.09. The summed E-state index contributed by atoms with van der Waals surface area (Å²) in [6, 6.07) is 8.08. The number of benzene rings is 2. The van der Waals surface area contributed by atoms with E-state index in [-0.39, 0.29) is 0 Å². The van der Waals surface area contributed by atoms with Crippen LogP contribution in [0, 0.1) is 13.8 Å². The zero-order valence-corrected chi connectivity index (χ0v) is 16.1. The Bertz CT molecular complexity index is 922. The average molecular weight is 366 g/mol. The molecule has 1 atom stereocenters. The minimum Gasteiger partial charge on any atom is -0.493 e. The van der Waals surface area contributed by atoms with Crippen LogP contribution in [0.2, 0.25) is 0 Å². The Morgan fingerprint density at radius 1 is 1.19 bits per heavy atom. The molecular weight excluding hydrogens is 340 g/mol. The summed E-state index contributed by atoms with van der Waals surface area (Å²) >= 11 is 0. The number of rotatable bonds is 4. The van der Waals surface area contributed by atoms with Gasteiger partial charge >= 0.3 is 5.97 Å². The molecule has 0 bridgehead atoms. The van der Waals surface area contributed by atoms with Gasteiger partial charge in [0.2, 0.25) is 0 Å². The van der Waals surface area contributed by atoms with Crippen molar-refractivity contribution in [1.29, 1.82) is 0 Å². The van der Waals surface area contributed by atoms with Gasteiger partial charge < -0.3 is 14.9 Å². The van der Waals surface area contributed by atoms with Crippen molar-refractivity contribution in [2.24, 2.45) is 0 Å². The molecule has 4 rings (SSSR count). The minimum atomic E-state index is -1.94. The van der Waals surface area contributed by atoms with E-state index >= 15 is 0 Å². The maximum absolute atomic E-state index is 11.9. The molecule has 2 aromatic rings. The molecule has 2 aliphatic rings.